The van der Waals surface area contributed by atoms with Crippen molar-refractivity contribution in [2.24, 2.45) is 17.5 Å². The number of nitrogens with two attached hydrogens (primary N) is 2. The number of benzene rings is 2. The Hall–Kier alpha value is -3.65. The zero-order chi connectivity index (χ0) is 35.8. The van der Waals surface area contributed by atoms with E-state index in [0.717, 1.165) is 36.0 Å². The standard InChI is InChI=1S/C29H41BN6O6.C7H14/c1-28(2,40)24(16-31)36(32)22-15-23(27(39)34-29(30(41)42)12-6-3-7-13-29)35(18-22)25(37)17-33-26(38)21-11-10-19-8-4-5-9-20(19)14-21;1-7-5-3-2-4-6-7/h4-5,8-11,14,16,22-23,40-42H,3,6-7,12-13,15,17-18,31-32H2,1-2H3,(H,33,38)(H,34,39);7H,2-6H2,1H3/b24-16-;. The topological polar surface area (TPSA) is 194 Å². The number of hydrazine groups is 1. The number of rotatable bonds is 9. The quantitative estimate of drug-likeness (QED) is 0.119. The molecule has 5 rings (SSSR count). The Morgan fingerprint density at radius 1 is 1.02 bits per heavy atom. The SMILES string of the molecule is CC(C)(O)/C(=C/N)N(N)C1CC(C(=O)NC2(B(O)O)CCCCC2)N(C(=O)CNC(=O)c2ccc3ccccc3c2)C1.CC1CCCCC1. The predicted molar refractivity (Wildman–Crippen MR) is 191 cm³/mol. The van der Waals surface area contributed by atoms with Gasteiger partial charge < -0.3 is 41.4 Å². The van der Waals surface area contributed by atoms with Gasteiger partial charge in [-0.1, -0.05) is 88.6 Å². The van der Waals surface area contributed by atoms with Crippen molar-refractivity contribution in [1.82, 2.24) is 20.5 Å². The lowest BCUT2D eigenvalue weighted by Gasteiger charge is -2.38. The van der Waals surface area contributed by atoms with E-state index in [9.17, 15) is 29.5 Å². The minimum Gasteiger partial charge on any atom is -0.426 e. The Morgan fingerprint density at radius 3 is 2.22 bits per heavy atom. The fourth-order valence-electron chi connectivity index (χ4n) is 7.30. The van der Waals surface area contributed by atoms with E-state index in [0.29, 0.717) is 18.4 Å². The first-order valence-electron chi connectivity index (χ1n) is 17.7. The van der Waals surface area contributed by atoms with Crippen molar-refractivity contribution in [3.05, 3.63) is 59.9 Å². The van der Waals surface area contributed by atoms with E-state index in [1.807, 2.05) is 30.3 Å². The van der Waals surface area contributed by atoms with Crippen LogP contribution in [-0.2, 0) is 9.59 Å². The Bertz CT molecular complexity index is 1470. The molecule has 3 amide bonds. The summed E-state index contributed by atoms with van der Waals surface area (Å²) in [5, 5.41) is 39.5. The van der Waals surface area contributed by atoms with Crippen LogP contribution in [0.2, 0.25) is 0 Å². The molecule has 12 nitrogen and oxygen atoms in total. The predicted octanol–water partition coefficient (Wildman–Crippen LogP) is 2.70. The fourth-order valence-corrected chi connectivity index (χ4v) is 7.30. The van der Waals surface area contributed by atoms with Crippen LogP contribution in [0.15, 0.2) is 54.4 Å². The molecular weight excluding hydrogens is 623 g/mol. The molecule has 0 bridgehead atoms. The normalized spacial score (nSPS) is 21.4. The number of likely N-dealkylation sites (tertiary alicyclic amines) is 1. The molecule has 1 saturated heterocycles. The van der Waals surface area contributed by atoms with Gasteiger partial charge in [0.2, 0.25) is 11.8 Å². The Balaban J connectivity index is 0.000000686. The smallest absolute Gasteiger partial charge is 0.426 e. The molecule has 2 aromatic rings. The summed E-state index contributed by atoms with van der Waals surface area (Å²) < 4.78 is 0. The van der Waals surface area contributed by atoms with Crippen molar-refractivity contribution >= 4 is 35.6 Å². The molecule has 13 heteroatoms. The molecule has 2 aromatic carbocycles. The molecule has 2 saturated carbocycles. The van der Waals surface area contributed by atoms with Crippen molar-refractivity contribution in [1.29, 1.82) is 0 Å². The van der Waals surface area contributed by atoms with Gasteiger partial charge in [0, 0.05) is 24.7 Å². The van der Waals surface area contributed by atoms with E-state index < -0.39 is 48.0 Å². The van der Waals surface area contributed by atoms with E-state index in [1.165, 1.54) is 62.1 Å². The monoisotopic (exact) mass is 678 g/mol. The molecule has 3 fully saturated rings. The van der Waals surface area contributed by atoms with Crippen LogP contribution < -0.4 is 22.2 Å². The average molecular weight is 679 g/mol. The third-order valence-electron chi connectivity index (χ3n) is 10.3. The van der Waals surface area contributed by atoms with E-state index >= 15 is 0 Å². The molecule has 2 aliphatic carbocycles. The van der Waals surface area contributed by atoms with Gasteiger partial charge in [-0.05, 0) is 55.5 Å². The highest BCUT2D eigenvalue weighted by Gasteiger charge is 2.48. The summed E-state index contributed by atoms with van der Waals surface area (Å²) in [6.45, 7) is 5.04. The molecule has 0 aromatic heterocycles. The van der Waals surface area contributed by atoms with Gasteiger partial charge in [-0.3, -0.25) is 14.4 Å². The molecule has 3 aliphatic rings. The number of nitrogens with zero attached hydrogens (tertiary/aromatic N) is 2. The zero-order valence-corrected chi connectivity index (χ0v) is 29.2. The first-order valence-corrected chi connectivity index (χ1v) is 17.7. The van der Waals surface area contributed by atoms with Gasteiger partial charge in [0.1, 0.15) is 11.6 Å². The van der Waals surface area contributed by atoms with Crippen molar-refractivity contribution < 1.29 is 29.5 Å². The van der Waals surface area contributed by atoms with Crippen molar-refractivity contribution in [3.63, 3.8) is 0 Å². The van der Waals surface area contributed by atoms with Gasteiger partial charge in [0.25, 0.3) is 5.91 Å². The summed E-state index contributed by atoms with van der Waals surface area (Å²) in [4.78, 5) is 41.4. The highest BCUT2D eigenvalue weighted by Crippen LogP contribution is 2.32. The van der Waals surface area contributed by atoms with Crippen molar-refractivity contribution in [3.8, 4) is 0 Å². The number of carbonyl (C=O) groups is 3. The molecular formula is C36H55BN6O6. The number of hydrogen-bond acceptors (Lipinski definition) is 9. The molecule has 2 unspecified atom stereocenters. The van der Waals surface area contributed by atoms with Crippen LogP contribution in [0.5, 0.6) is 0 Å². The Labute approximate surface area is 290 Å². The van der Waals surface area contributed by atoms with Crippen LogP contribution in [0.1, 0.15) is 102 Å². The number of aliphatic hydroxyl groups is 1. The summed E-state index contributed by atoms with van der Waals surface area (Å²) in [6, 6.07) is 11.3. The first kappa shape index (κ1) is 38.2. The average Bonchev–Trinajstić information content (AvgIpc) is 3.54. The minimum absolute atomic E-state index is 0.0152. The van der Waals surface area contributed by atoms with Gasteiger partial charge >= 0.3 is 7.12 Å². The maximum absolute atomic E-state index is 13.7. The summed E-state index contributed by atoms with van der Waals surface area (Å²) >= 11 is 0. The van der Waals surface area contributed by atoms with E-state index in [1.54, 1.807) is 12.1 Å². The molecule has 49 heavy (non-hydrogen) atoms. The van der Waals surface area contributed by atoms with Crippen LogP contribution >= 0.6 is 0 Å². The fraction of sp³-hybridized carbons (Fsp3) is 0.583. The summed E-state index contributed by atoms with van der Waals surface area (Å²) in [6.07, 6.45) is 11.9. The summed E-state index contributed by atoms with van der Waals surface area (Å²) in [5.74, 6) is 5.89. The number of fused-ring (bicyclic) bond motifs is 1. The molecule has 1 aliphatic heterocycles. The van der Waals surface area contributed by atoms with Crippen LogP contribution in [-0.4, -0.2) is 86.1 Å². The van der Waals surface area contributed by atoms with Crippen molar-refractivity contribution in [2.45, 2.75) is 115 Å². The third kappa shape index (κ3) is 9.75. The second kappa shape index (κ2) is 16.8. The van der Waals surface area contributed by atoms with Gasteiger partial charge in [-0.15, -0.1) is 0 Å². The molecule has 268 valence electrons. The zero-order valence-electron chi connectivity index (χ0n) is 29.2. The second-order valence-electron chi connectivity index (χ2n) is 14.5. The number of carbonyl (C=O) groups excluding carboxylic acids is 3. The lowest BCUT2D eigenvalue weighted by Crippen LogP contribution is -2.63. The first-order chi connectivity index (χ1) is 23.3. The maximum atomic E-state index is 13.7. The lowest BCUT2D eigenvalue weighted by molar-refractivity contribution is -0.138. The van der Waals surface area contributed by atoms with Crippen molar-refractivity contribution in [2.75, 3.05) is 13.1 Å². The molecule has 1 heterocycles. The summed E-state index contributed by atoms with van der Waals surface area (Å²) in [7, 11) is -1.77. The molecule has 0 spiro atoms. The van der Waals surface area contributed by atoms with E-state index in [4.69, 9.17) is 11.6 Å². The number of amides is 3. The van der Waals surface area contributed by atoms with Gasteiger partial charge in [-0.2, -0.15) is 0 Å². The second-order valence-corrected chi connectivity index (χ2v) is 14.5. The highest BCUT2D eigenvalue weighted by atomic mass is 16.4. The minimum atomic E-state index is -1.77. The Morgan fingerprint density at radius 2 is 1.65 bits per heavy atom. The Kier molecular flexibility index (Phi) is 13.1. The third-order valence-corrected chi connectivity index (χ3v) is 10.3. The summed E-state index contributed by atoms with van der Waals surface area (Å²) in [5.41, 5.74) is 3.75. The largest absolute Gasteiger partial charge is 0.478 e. The van der Waals surface area contributed by atoms with E-state index in [-0.39, 0.29) is 25.2 Å². The number of nitrogens with one attached hydrogen (secondary N) is 2. The lowest BCUT2D eigenvalue weighted by atomic mass is 9.58. The number of hydrogen-bond donors (Lipinski definition) is 7. The van der Waals surface area contributed by atoms with Crippen LogP contribution in [0.4, 0.5) is 0 Å². The van der Waals surface area contributed by atoms with E-state index in [2.05, 4.69) is 17.6 Å². The highest BCUT2D eigenvalue weighted by molar-refractivity contribution is 6.46. The van der Waals surface area contributed by atoms with Gasteiger partial charge in [0.05, 0.1) is 23.7 Å². The molecule has 0 radical (unpaired) electrons. The molecule has 2 atom stereocenters. The maximum Gasteiger partial charge on any atom is 0.478 e. The van der Waals surface area contributed by atoms with Crippen LogP contribution in [0.25, 0.3) is 10.8 Å². The molecule has 9 N–H and O–H groups in total. The van der Waals surface area contributed by atoms with Crippen LogP contribution in [0.3, 0.4) is 0 Å². The van der Waals surface area contributed by atoms with Gasteiger partial charge in [-0.25, -0.2) is 5.84 Å². The van der Waals surface area contributed by atoms with Crippen LogP contribution in [0, 0.1) is 5.92 Å². The van der Waals surface area contributed by atoms with Gasteiger partial charge in [0.15, 0.2) is 0 Å².